The van der Waals surface area contributed by atoms with Crippen molar-refractivity contribution in [1.29, 1.82) is 0 Å². The monoisotopic (exact) mass is 572 g/mol. The maximum Gasteiger partial charge on any atom is 0.335 e. The predicted molar refractivity (Wildman–Crippen MR) is 160 cm³/mol. The van der Waals surface area contributed by atoms with E-state index in [1.165, 1.54) is 18.2 Å². The van der Waals surface area contributed by atoms with Gasteiger partial charge in [0.05, 0.1) is 5.56 Å². The van der Waals surface area contributed by atoms with Crippen LogP contribution in [0.3, 0.4) is 0 Å². The summed E-state index contributed by atoms with van der Waals surface area (Å²) in [6.45, 7) is 4.23. The van der Waals surface area contributed by atoms with Crippen molar-refractivity contribution in [2.75, 3.05) is 37.6 Å². The van der Waals surface area contributed by atoms with Gasteiger partial charge in [0.15, 0.2) is 5.78 Å². The molecule has 41 heavy (non-hydrogen) atoms. The maximum absolute atomic E-state index is 14.0. The number of nitrogens with one attached hydrogen (secondary N) is 1. The number of fused-ring (bicyclic) bond motifs is 1. The van der Waals surface area contributed by atoms with Crippen LogP contribution < -0.4 is 16.0 Å². The van der Waals surface area contributed by atoms with Crippen molar-refractivity contribution >= 4 is 41.0 Å². The third-order valence-corrected chi connectivity index (χ3v) is 7.99. The van der Waals surface area contributed by atoms with Crippen molar-refractivity contribution in [3.63, 3.8) is 0 Å². The zero-order chi connectivity index (χ0) is 28.9. The summed E-state index contributed by atoms with van der Waals surface area (Å²) in [6.07, 6.45) is 3.89. The Hall–Kier alpha value is -3.98. The number of benzene rings is 3. The smallest absolute Gasteiger partial charge is 0.335 e. The molecular weight excluding hydrogens is 540 g/mol. The number of ketones is 1. The fraction of sp³-hybridized carbons (Fsp3) is 0.281. The average molecular weight is 573 g/mol. The Bertz CT molecular complexity index is 1480. The molecule has 0 aliphatic carbocycles. The van der Waals surface area contributed by atoms with E-state index in [0.29, 0.717) is 30.1 Å². The maximum atomic E-state index is 14.0. The Morgan fingerprint density at radius 2 is 1.78 bits per heavy atom. The molecule has 0 saturated carbocycles. The van der Waals surface area contributed by atoms with Crippen LogP contribution in [0.1, 0.15) is 44.2 Å². The van der Waals surface area contributed by atoms with Crippen LogP contribution in [-0.4, -0.2) is 60.4 Å². The second kappa shape index (κ2) is 12.7. The normalized spacial score (nSPS) is 17.0. The van der Waals surface area contributed by atoms with Crippen LogP contribution in [0.2, 0.25) is 5.02 Å². The minimum absolute atomic E-state index is 0.0704. The molecule has 2 aliphatic heterocycles. The molecule has 0 bridgehead atoms. The summed E-state index contributed by atoms with van der Waals surface area (Å²) in [6, 6.07) is 16.9. The molecule has 0 spiro atoms. The summed E-state index contributed by atoms with van der Waals surface area (Å²) in [5, 5.41) is 13.2. The molecule has 2 aliphatic rings. The molecule has 0 aromatic heterocycles. The zero-order valence-corrected chi connectivity index (χ0v) is 23.4. The molecule has 1 saturated heterocycles. The first-order valence-electron chi connectivity index (χ1n) is 13.8. The summed E-state index contributed by atoms with van der Waals surface area (Å²) in [5.41, 5.74) is 11.4. The highest BCUT2D eigenvalue weighted by atomic mass is 35.5. The number of rotatable bonds is 8. The van der Waals surface area contributed by atoms with E-state index in [0.717, 1.165) is 54.1 Å². The minimum Gasteiger partial charge on any atom is -0.478 e. The average Bonchev–Trinajstić information content (AvgIpc) is 2.99. The standard InChI is InChI=1S/C32H33ClN4O4/c33-25-10-8-24(20-34)23(19-25)9-11-30(39)37-15-12-26-27(2-1-3-28(26)36-16-13-35-14-17-36)31(37)29(38)18-21-4-6-22(7-5-21)32(40)41/h1-11,19,31,35H,12-18,20,34H2,(H,40,41)/b11-9+. The quantitative estimate of drug-likeness (QED) is 0.351. The van der Waals surface area contributed by atoms with E-state index in [1.54, 1.807) is 35.2 Å². The number of anilines is 1. The molecule has 4 N–H and O–H groups in total. The second-order valence-electron chi connectivity index (χ2n) is 10.3. The number of nitrogens with zero attached hydrogens (tertiary/aromatic N) is 2. The van der Waals surface area contributed by atoms with E-state index in [-0.39, 0.29) is 23.7 Å². The highest BCUT2D eigenvalue weighted by Crippen LogP contribution is 2.37. The highest BCUT2D eigenvalue weighted by molar-refractivity contribution is 6.30. The van der Waals surface area contributed by atoms with E-state index >= 15 is 0 Å². The molecular formula is C32H33ClN4O4. The topological polar surface area (TPSA) is 116 Å². The lowest BCUT2D eigenvalue weighted by Crippen LogP contribution is -2.46. The Morgan fingerprint density at radius 3 is 2.49 bits per heavy atom. The number of aromatic carboxylic acids is 1. The van der Waals surface area contributed by atoms with Crippen LogP contribution in [0.5, 0.6) is 0 Å². The van der Waals surface area contributed by atoms with Gasteiger partial charge in [0.1, 0.15) is 6.04 Å². The van der Waals surface area contributed by atoms with E-state index in [1.807, 2.05) is 18.2 Å². The second-order valence-corrected chi connectivity index (χ2v) is 10.7. The number of carbonyl (C=O) groups excluding carboxylic acids is 2. The first-order chi connectivity index (χ1) is 19.9. The summed E-state index contributed by atoms with van der Waals surface area (Å²) < 4.78 is 0. The van der Waals surface area contributed by atoms with Gasteiger partial charge in [0.2, 0.25) is 5.91 Å². The van der Waals surface area contributed by atoms with Gasteiger partial charge in [-0.2, -0.15) is 0 Å². The SMILES string of the molecule is NCc1ccc(Cl)cc1/C=C/C(=O)N1CCc2c(cccc2N2CCNCC2)C1C(=O)Cc1ccc(C(=O)O)cc1. The lowest BCUT2D eigenvalue weighted by Gasteiger charge is -2.39. The molecule has 212 valence electrons. The molecule has 1 unspecified atom stereocenters. The van der Waals surface area contributed by atoms with Gasteiger partial charge >= 0.3 is 5.97 Å². The van der Waals surface area contributed by atoms with Crippen molar-refractivity contribution in [3.8, 4) is 0 Å². The first kappa shape index (κ1) is 28.5. The number of amides is 1. The van der Waals surface area contributed by atoms with Crippen LogP contribution in [0.15, 0.2) is 66.7 Å². The number of carbonyl (C=O) groups is 3. The molecule has 2 heterocycles. The van der Waals surface area contributed by atoms with E-state index < -0.39 is 12.0 Å². The Labute approximate surface area is 244 Å². The van der Waals surface area contributed by atoms with Gasteiger partial charge in [0, 0.05) is 62.5 Å². The first-order valence-corrected chi connectivity index (χ1v) is 14.1. The van der Waals surface area contributed by atoms with Gasteiger partial charge in [-0.05, 0) is 70.6 Å². The third-order valence-electron chi connectivity index (χ3n) is 7.75. The summed E-state index contributed by atoms with van der Waals surface area (Å²) >= 11 is 6.19. The molecule has 9 heteroatoms. The number of hydrogen-bond acceptors (Lipinski definition) is 6. The summed E-state index contributed by atoms with van der Waals surface area (Å²) in [5.74, 6) is -1.42. The number of carboxylic acids is 1. The van der Waals surface area contributed by atoms with Crippen molar-refractivity contribution in [2.45, 2.75) is 25.4 Å². The van der Waals surface area contributed by atoms with Crippen LogP contribution in [0.25, 0.3) is 6.08 Å². The van der Waals surface area contributed by atoms with Gasteiger partial charge < -0.3 is 26.0 Å². The molecule has 1 atom stereocenters. The lowest BCUT2D eigenvalue weighted by molar-refractivity contribution is -0.136. The Balaban J connectivity index is 1.48. The molecule has 3 aromatic rings. The van der Waals surface area contributed by atoms with Crippen molar-refractivity contribution in [1.82, 2.24) is 10.2 Å². The van der Waals surface area contributed by atoms with Crippen LogP contribution in [0.4, 0.5) is 5.69 Å². The lowest BCUT2D eigenvalue weighted by atomic mass is 9.86. The molecule has 1 fully saturated rings. The van der Waals surface area contributed by atoms with Crippen molar-refractivity contribution < 1.29 is 19.5 Å². The summed E-state index contributed by atoms with van der Waals surface area (Å²) in [4.78, 5) is 42.9. The van der Waals surface area contributed by atoms with E-state index in [4.69, 9.17) is 17.3 Å². The number of nitrogens with two attached hydrogens (primary N) is 1. The number of piperazine rings is 1. The number of halogens is 1. The van der Waals surface area contributed by atoms with Crippen LogP contribution in [-0.2, 0) is 29.0 Å². The molecule has 3 aromatic carbocycles. The highest BCUT2D eigenvalue weighted by Gasteiger charge is 2.36. The van der Waals surface area contributed by atoms with Crippen LogP contribution >= 0.6 is 11.6 Å². The fourth-order valence-corrected chi connectivity index (χ4v) is 5.84. The molecule has 0 radical (unpaired) electrons. The van der Waals surface area contributed by atoms with Gasteiger partial charge in [-0.15, -0.1) is 0 Å². The Kier molecular flexibility index (Phi) is 8.83. The zero-order valence-electron chi connectivity index (χ0n) is 22.7. The van der Waals surface area contributed by atoms with Gasteiger partial charge in [-0.25, -0.2) is 4.79 Å². The van der Waals surface area contributed by atoms with Gasteiger partial charge in [-0.1, -0.05) is 41.9 Å². The number of carboxylic acid groups (broad SMARTS) is 1. The summed E-state index contributed by atoms with van der Waals surface area (Å²) in [7, 11) is 0. The van der Waals surface area contributed by atoms with Gasteiger partial charge in [0.25, 0.3) is 0 Å². The third kappa shape index (κ3) is 6.35. The molecule has 5 rings (SSSR count). The minimum atomic E-state index is -1.02. The molecule has 8 nitrogen and oxygen atoms in total. The predicted octanol–water partition coefficient (Wildman–Crippen LogP) is 3.86. The van der Waals surface area contributed by atoms with Crippen molar-refractivity contribution in [3.05, 3.63) is 105 Å². The number of hydrogen-bond donors (Lipinski definition) is 3. The van der Waals surface area contributed by atoms with Gasteiger partial charge in [-0.3, -0.25) is 9.59 Å². The van der Waals surface area contributed by atoms with Crippen molar-refractivity contribution in [2.24, 2.45) is 5.73 Å². The molecule has 1 amide bonds. The number of Topliss-reactive ketones (excluding diaryl/α,β-unsaturated/α-hetero) is 1. The largest absolute Gasteiger partial charge is 0.478 e. The van der Waals surface area contributed by atoms with E-state index in [9.17, 15) is 19.5 Å². The fourth-order valence-electron chi connectivity index (χ4n) is 5.66. The Morgan fingerprint density at radius 1 is 1.02 bits per heavy atom. The van der Waals surface area contributed by atoms with Crippen LogP contribution in [0, 0.1) is 0 Å². The van der Waals surface area contributed by atoms with E-state index in [2.05, 4.69) is 16.3 Å².